The number of anilines is 1. The molecule has 150 valence electrons. The number of carbonyl (C=O) groups excluding carboxylic acids is 1. The van der Waals surface area contributed by atoms with Gasteiger partial charge in [0, 0.05) is 63.3 Å². The second kappa shape index (κ2) is 7.50. The Kier molecular flexibility index (Phi) is 5.05. The van der Waals surface area contributed by atoms with Crippen LogP contribution in [0.4, 0.5) is 5.95 Å². The van der Waals surface area contributed by atoms with Crippen LogP contribution in [0.25, 0.3) is 0 Å². The molecule has 2 aliphatic heterocycles. The number of amides is 1. The topological polar surface area (TPSA) is 87.4 Å². The van der Waals surface area contributed by atoms with Crippen LogP contribution in [0.3, 0.4) is 0 Å². The molecule has 8 nitrogen and oxygen atoms in total. The molecule has 0 radical (unpaired) electrons. The Hall–Kier alpha value is -2.48. The van der Waals surface area contributed by atoms with E-state index in [-0.39, 0.29) is 23.8 Å². The van der Waals surface area contributed by atoms with E-state index in [0.717, 1.165) is 44.1 Å². The smallest absolute Gasteiger partial charge is 0.257 e. The van der Waals surface area contributed by atoms with Crippen molar-refractivity contribution in [3.8, 4) is 0 Å². The Morgan fingerprint density at radius 1 is 1.29 bits per heavy atom. The summed E-state index contributed by atoms with van der Waals surface area (Å²) < 4.78 is 1.86. The number of carbonyl (C=O) groups is 1. The van der Waals surface area contributed by atoms with Crippen molar-refractivity contribution < 1.29 is 9.90 Å². The number of rotatable bonds is 4. The van der Waals surface area contributed by atoms with Crippen molar-refractivity contribution in [3.63, 3.8) is 0 Å². The van der Waals surface area contributed by atoms with Crippen molar-refractivity contribution in [2.24, 2.45) is 11.3 Å². The van der Waals surface area contributed by atoms with E-state index in [4.69, 9.17) is 0 Å². The molecular formula is C20H28N6O2. The predicted molar refractivity (Wildman–Crippen MR) is 105 cm³/mol. The highest BCUT2D eigenvalue weighted by Crippen LogP contribution is 2.45. The van der Waals surface area contributed by atoms with Crippen LogP contribution < -0.4 is 4.90 Å². The number of aromatic nitrogens is 4. The van der Waals surface area contributed by atoms with Crippen LogP contribution in [0, 0.1) is 18.3 Å². The standard InChI is InChI=1S/C20H28N6O2/c1-3-26-15(2)17(11-23-26)18(28)24-9-5-20(6-10-24)14-25(12-16(20)13-27)19-21-7-4-8-22-19/h4,7-8,11,16,27H,3,5-6,9-10,12-14H2,1-2H3. The zero-order valence-electron chi connectivity index (χ0n) is 16.6. The van der Waals surface area contributed by atoms with Crippen LogP contribution in [-0.4, -0.2) is 68.4 Å². The lowest BCUT2D eigenvalue weighted by atomic mass is 9.71. The highest BCUT2D eigenvalue weighted by atomic mass is 16.3. The van der Waals surface area contributed by atoms with Crippen molar-refractivity contribution in [2.45, 2.75) is 33.2 Å². The summed E-state index contributed by atoms with van der Waals surface area (Å²) in [6.07, 6.45) is 6.96. The molecule has 1 unspecified atom stereocenters. The zero-order valence-corrected chi connectivity index (χ0v) is 16.6. The quantitative estimate of drug-likeness (QED) is 0.856. The Bertz CT molecular complexity index is 828. The number of nitrogens with zero attached hydrogens (tertiary/aromatic N) is 6. The third-order valence-electron chi connectivity index (χ3n) is 6.55. The molecule has 0 bridgehead atoms. The van der Waals surface area contributed by atoms with Gasteiger partial charge >= 0.3 is 0 Å². The Morgan fingerprint density at radius 3 is 2.61 bits per heavy atom. The molecule has 2 aromatic rings. The van der Waals surface area contributed by atoms with Gasteiger partial charge in [0.25, 0.3) is 5.91 Å². The third kappa shape index (κ3) is 3.15. The van der Waals surface area contributed by atoms with Gasteiger partial charge in [0.1, 0.15) is 0 Å². The Morgan fingerprint density at radius 2 is 2.00 bits per heavy atom. The van der Waals surface area contributed by atoms with E-state index >= 15 is 0 Å². The maximum absolute atomic E-state index is 13.0. The molecule has 4 heterocycles. The van der Waals surface area contributed by atoms with E-state index in [1.165, 1.54) is 0 Å². The summed E-state index contributed by atoms with van der Waals surface area (Å²) in [7, 11) is 0. The highest BCUT2D eigenvalue weighted by molar-refractivity contribution is 5.95. The number of likely N-dealkylation sites (tertiary alicyclic amines) is 1. The second-order valence-corrected chi connectivity index (χ2v) is 7.92. The second-order valence-electron chi connectivity index (χ2n) is 7.92. The van der Waals surface area contributed by atoms with Gasteiger partial charge in [-0.3, -0.25) is 9.48 Å². The fourth-order valence-corrected chi connectivity index (χ4v) is 4.76. The predicted octanol–water partition coefficient (Wildman–Crippen LogP) is 1.35. The molecule has 2 aromatic heterocycles. The van der Waals surface area contributed by atoms with Gasteiger partial charge in [-0.2, -0.15) is 5.10 Å². The van der Waals surface area contributed by atoms with Gasteiger partial charge in [0.15, 0.2) is 0 Å². The molecule has 2 fully saturated rings. The lowest BCUT2D eigenvalue weighted by Crippen LogP contribution is -2.47. The molecule has 1 atom stereocenters. The summed E-state index contributed by atoms with van der Waals surface area (Å²) in [5.74, 6) is 0.964. The lowest BCUT2D eigenvalue weighted by Gasteiger charge is -2.42. The van der Waals surface area contributed by atoms with Gasteiger partial charge in [0.05, 0.1) is 11.8 Å². The summed E-state index contributed by atoms with van der Waals surface area (Å²) in [4.78, 5) is 25.8. The number of hydrogen-bond donors (Lipinski definition) is 1. The lowest BCUT2D eigenvalue weighted by molar-refractivity contribution is 0.0415. The minimum Gasteiger partial charge on any atom is -0.396 e. The Labute approximate surface area is 165 Å². The fraction of sp³-hybridized carbons (Fsp3) is 0.600. The fourth-order valence-electron chi connectivity index (χ4n) is 4.76. The molecule has 0 aliphatic carbocycles. The summed E-state index contributed by atoms with van der Waals surface area (Å²) in [6.45, 7) is 7.89. The molecule has 8 heteroatoms. The van der Waals surface area contributed by atoms with Gasteiger partial charge in [0.2, 0.25) is 5.95 Å². The van der Waals surface area contributed by atoms with Crippen molar-refractivity contribution >= 4 is 11.9 Å². The zero-order chi connectivity index (χ0) is 19.7. The molecule has 2 aliphatic rings. The number of aryl methyl sites for hydroxylation is 1. The first kappa shape index (κ1) is 18.9. The van der Waals surface area contributed by atoms with E-state index < -0.39 is 0 Å². The highest BCUT2D eigenvalue weighted by Gasteiger charge is 2.48. The van der Waals surface area contributed by atoms with Crippen molar-refractivity contribution in [1.29, 1.82) is 0 Å². The van der Waals surface area contributed by atoms with Gasteiger partial charge in [-0.1, -0.05) is 0 Å². The first-order valence-corrected chi connectivity index (χ1v) is 10.0. The van der Waals surface area contributed by atoms with Crippen molar-refractivity contribution in [3.05, 3.63) is 35.9 Å². The summed E-state index contributed by atoms with van der Waals surface area (Å²) >= 11 is 0. The molecular weight excluding hydrogens is 356 g/mol. The normalized spacial score (nSPS) is 21.5. The third-order valence-corrected chi connectivity index (χ3v) is 6.55. The van der Waals surface area contributed by atoms with Crippen LogP contribution in [0.2, 0.25) is 0 Å². The van der Waals surface area contributed by atoms with E-state index in [0.29, 0.717) is 18.7 Å². The molecule has 1 spiro atoms. The maximum atomic E-state index is 13.0. The SMILES string of the molecule is CCn1ncc(C(=O)N2CCC3(CC2)CN(c2ncccn2)CC3CO)c1C. The van der Waals surface area contributed by atoms with E-state index in [1.807, 2.05) is 29.5 Å². The van der Waals surface area contributed by atoms with Gasteiger partial charge in [-0.05, 0) is 38.2 Å². The van der Waals surface area contributed by atoms with E-state index in [2.05, 4.69) is 20.0 Å². The van der Waals surface area contributed by atoms with Crippen LogP contribution in [-0.2, 0) is 6.54 Å². The minimum absolute atomic E-state index is 0.00732. The first-order chi connectivity index (χ1) is 13.6. The molecule has 2 saturated heterocycles. The van der Waals surface area contributed by atoms with Crippen molar-refractivity contribution in [1.82, 2.24) is 24.6 Å². The average Bonchev–Trinajstić information content (AvgIpc) is 3.29. The number of hydrogen-bond acceptors (Lipinski definition) is 6. The van der Waals surface area contributed by atoms with Gasteiger partial charge < -0.3 is 14.9 Å². The van der Waals surface area contributed by atoms with Crippen LogP contribution >= 0.6 is 0 Å². The summed E-state index contributed by atoms with van der Waals surface area (Å²) in [5.41, 5.74) is 1.63. The minimum atomic E-state index is 0.00732. The monoisotopic (exact) mass is 384 g/mol. The molecule has 0 saturated carbocycles. The maximum Gasteiger partial charge on any atom is 0.257 e. The van der Waals surface area contributed by atoms with Crippen LogP contribution in [0.1, 0.15) is 35.8 Å². The van der Waals surface area contributed by atoms with E-state index in [9.17, 15) is 9.90 Å². The molecule has 1 N–H and O–H groups in total. The van der Waals surface area contributed by atoms with E-state index in [1.54, 1.807) is 18.6 Å². The molecule has 1 amide bonds. The largest absolute Gasteiger partial charge is 0.396 e. The van der Waals surface area contributed by atoms with Crippen LogP contribution in [0.5, 0.6) is 0 Å². The van der Waals surface area contributed by atoms with Gasteiger partial charge in [-0.15, -0.1) is 0 Å². The molecule has 4 rings (SSSR count). The molecule has 0 aromatic carbocycles. The number of aliphatic hydroxyl groups is 1. The van der Waals surface area contributed by atoms with Crippen LogP contribution in [0.15, 0.2) is 24.7 Å². The van der Waals surface area contributed by atoms with Crippen molar-refractivity contribution in [2.75, 3.05) is 37.7 Å². The summed E-state index contributed by atoms with van der Waals surface area (Å²) in [6, 6.07) is 1.81. The summed E-state index contributed by atoms with van der Waals surface area (Å²) in [5, 5.41) is 14.3. The number of piperidine rings is 1. The Balaban J connectivity index is 1.46. The first-order valence-electron chi connectivity index (χ1n) is 10.0. The number of aliphatic hydroxyl groups excluding tert-OH is 1. The average molecular weight is 384 g/mol. The van der Waals surface area contributed by atoms with Gasteiger partial charge in [-0.25, -0.2) is 9.97 Å². The molecule has 28 heavy (non-hydrogen) atoms.